The quantitative estimate of drug-likeness (QED) is 0.298. The highest BCUT2D eigenvalue weighted by molar-refractivity contribution is 6.80. The zero-order valence-electron chi connectivity index (χ0n) is 23.0. The summed E-state index contributed by atoms with van der Waals surface area (Å²) in [7, 11) is -2.28. The maximum absolute atomic E-state index is 16.0. The van der Waals surface area contributed by atoms with Gasteiger partial charge in [-0.25, -0.2) is 8.78 Å². The maximum atomic E-state index is 16.0. The Kier molecular flexibility index (Phi) is 8.50. The molecule has 1 aliphatic heterocycles. The van der Waals surface area contributed by atoms with Gasteiger partial charge in [0.2, 0.25) is 9.04 Å². The van der Waals surface area contributed by atoms with Crippen LogP contribution in [0.3, 0.4) is 0 Å². The second-order valence-electron chi connectivity index (χ2n) is 11.3. The molecular weight excluding hydrogens is 500 g/mol. The van der Waals surface area contributed by atoms with Crippen molar-refractivity contribution in [1.82, 2.24) is 0 Å². The molecule has 0 spiro atoms. The van der Waals surface area contributed by atoms with Crippen LogP contribution >= 0.6 is 0 Å². The average molecular weight is 538 g/mol. The summed E-state index contributed by atoms with van der Waals surface area (Å²) in [6, 6.07) is 21.6. The second kappa shape index (κ2) is 11.5. The number of hydrogen-bond acceptors (Lipinski definition) is 4. The molecule has 1 heterocycles. The van der Waals surface area contributed by atoms with Crippen molar-refractivity contribution in [2.24, 2.45) is 5.41 Å². The molecule has 3 aromatic carbocycles. The molecule has 4 nitrogen and oxygen atoms in total. The van der Waals surface area contributed by atoms with E-state index in [1.807, 2.05) is 75.9 Å². The van der Waals surface area contributed by atoms with Gasteiger partial charge in [-0.3, -0.25) is 4.79 Å². The van der Waals surface area contributed by atoms with Crippen molar-refractivity contribution < 1.29 is 22.7 Å². The number of ether oxygens (including phenoxy) is 1. The smallest absolute Gasteiger partial charge is 0.240 e. The minimum absolute atomic E-state index is 0.156. The number of hydrogen-bond donors (Lipinski definition) is 0. The molecular formula is C31H37F2NO3Si. The minimum Gasteiger partial charge on any atom is -0.403 e. The van der Waals surface area contributed by atoms with Gasteiger partial charge in [-0.05, 0) is 42.6 Å². The van der Waals surface area contributed by atoms with E-state index in [1.54, 1.807) is 0 Å². The number of nitrogens with zero attached hydrogens (tertiary/aromatic N) is 1. The van der Waals surface area contributed by atoms with Gasteiger partial charge >= 0.3 is 0 Å². The third-order valence-electron chi connectivity index (χ3n) is 6.87. The number of Topliss-reactive ketones (excluding diaryl/α,β-unsaturated/α-hetero) is 1. The molecule has 1 aliphatic rings. The summed E-state index contributed by atoms with van der Waals surface area (Å²) in [5, 5.41) is 2.16. The van der Waals surface area contributed by atoms with Crippen LogP contribution in [0.15, 0.2) is 66.7 Å². The molecule has 0 saturated carbocycles. The fraction of sp³-hybridized carbons (Fsp3) is 0.387. The predicted molar refractivity (Wildman–Crippen MR) is 151 cm³/mol. The van der Waals surface area contributed by atoms with Crippen molar-refractivity contribution in [1.29, 1.82) is 0 Å². The highest BCUT2D eigenvalue weighted by atomic mass is 28.3. The molecule has 0 aromatic heterocycles. The molecule has 1 unspecified atom stereocenters. The standard InChI is InChI=1S/C31H37F2NO3Si/c1-20-18-34(19-21(2)36-20)29-26(17-25(22(3)35)27(32)28(29)33)30(31(4,5)6)37-38(23-13-9-7-10-14-23)24-15-11-8-12-16-24/h7-17,20-21,30,38H,18-19H2,1-6H3/t20-,21+,30?. The summed E-state index contributed by atoms with van der Waals surface area (Å²) in [5.41, 5.74) is -0.104. The molecule has 202 valence electrons. The molecule has 1 fully saturated rings. The van der Waals surface area contributed by atoms with Crippen molar-refractivity contribution in [2.45, 2.75) is 59.9 Å². The van der Waals surface area contributed by atoms with Crippen molar-refractivity contribution >= 4 is 30.9 Å². The van der Waals surface area contributed by atoms with Gasteiger partial charge in [0, 0.05) is 18.7 Å². The van der Waals surface area contributed by atoms with Crippen molar-refractivity contribution in [3.63, 3.8) is 0 Å². The van der Waals surface area contributed by atoms with Gasteiger partial charge in [-0.15, -0.1) is 0 Å². The topological polar surface area (TPSA) is 38.8 Å². The summed E-state index contributed by atoms with van der Waals surface area (Å²) >= 11 is 0. The first-order valence-electron chi connectivity index (χ1n) is 13.2. The Morgan fingerprint density at radius 3 is 1.89 bits per heavy atom. The van der Waals surface area contributed by atoms with Crippen molar-refractivity contribution in [3.05, 3.63) is 89.5 Å². The molecule has 4 rings (SSSR count). The Labute approximate surface area is 226 Å². The molecule has 3 atom stereocenters. The molecule has 38 heavy (non-hydrogen) atoms. The van der Waals surface area contributed by atoms with Gasteiger partial charge in [0.25, 0.3) is 0 Å². The Morgan fingerprint density at radius 2 is 1.45 bits per heavy atom. The lowest BCUT2D eigenvalue weighted by Crippen LogP contribution is -2.48. The van der Waals surface area contributed by atoms with E-state index in [4.69, 9.17) is 9.16 Å². The Hall–Kier alpha value is -2.87. The molecule has 7 heteroatoms. The molecule has 3 aromatic rings. The fourth-order valence-electron chi connectivity index (χ4n) is 5.26. The minimum atomic E-state index is -2.28. The zero-order chi connectivity index (χ0) is 27.6. The van der Waals surface area contributed by atoms with Gasteiger partial charge < -0.3 is 14.1 Å². The monoisotopic (exact) mass is 537 g/mol. The number of morpholine rings is 1. The number of halogens is 2. The zero-order valence-corrected chi connectivity index (χ0v) is 24.2. The van der Waals surface area contributed by atoms with E-state index < -0.39 is 38.0 Å². The van der Waals surface area contributed by atoms with E-state index in [-0.39, 0.29) is 23.5 Å². The number of carbonyl (C=O) groups excluding carboxylic acids is 1. The lowest BCUT2D eigenvalue weighted by atomic mass is 9.83. The first-order valence-corrected chi connectivity index (χ1v) is 14.8. The first kappa shape index (κ1) is 28.1. The van der Waals surface area contributed by atoms with Crippen LogP contribution in [0.1, 0.15) is 63.6 Å². The number of benzene rings is 3. The molecule has 0 bridgehead atoms. The summed E-state index contributed by atoms with van der Waals surface area (Å²) < 4.78 is 44.3. The van der Waals surface area contributed by atoms with Crippen LogP contribution in [0.2, 0.25) is 0 Å². The van der Waals surface area contributed by atoms with E-state index in [0.29, 0.717) is 18.7 Å². The number of ketones is 1. The lowest BCUT2D eigenvalue weighted by Gasteiger charge is -2.41. The van der Waals surface area contributed by atoms with Crippen LogP contribution < -0.4 is 15.3 Å². The van der Waals surface area contributed by atoms with E-state index in [1.165, 1.54) is 13.0 Å². The summed E-state index contributed by atoms with van der Waals surface area (Å²) in [6.45, 7) is 12.0. The van der Waals surface area contributed by atoms with Crippen LogP contribution in [0.25, 0.3) is 0 Å². The van der Waals surface area contributed by atoms with Crippen LogP contribution in [0.4, 0.5) is 14.5 Å². The van der Waals surface area contributed by atoms with Crippen molar-refractivity contribution in [2.75, 3.05) is 18.0 Å². The fourth-order valence-corrected chi connectivity index (χ4v) is 7.93. The SMILES string of the molecule is CC(=O)c1cc(C(O[SiH](c2ccccc2)c2ccccc2)C(C)(C)C)c(N2C[C@@H](C)O[C@@H](C)C2)c(F)c1F. The first-order chi connectivity index (χ1) is 18.0. The van der Waals surface area contributed by atoms with Gasteiger partial charge in [0.1, 0.15) is 0 Å². The maximum Gasteiger partial charge on any atom is 0.240 e. The lowest BCUT2D eigenvalue weighted by molar-refractivity contribution is -0.00576. The van der Waals surface area contributed by atoms with E-state index in [0.717, 1.165) is 10.4 Å². The van der Waals surface area contributed by atoms with Gasteiger partial charge in [-0.2, -0.15) is 0 Å². The third-order valence-corrected chi connectivity index (χ3v) is 9.40. The number of anilines is 1. The Bertz CT molecular complexity index is 1210. The van der Waals surface area contributed by atoms with E-state index in [2.05, 4.69) is 24.3 Å². The molecule has 0 radical (unpaired) electrons. The molecule has 0 aliphatic carbocycles. The van der Waals surface area contributed by atoms with Crippen LogP contribution in [-0.2, 0) is 9.16 Å². The Balaban J connectivity index is 1.92. The third kappa shape index (κ3) is 6.06. The molecule has 0 amide bonds. The van der Waals surface area contributed by atoms with Crippen LogP contribution in [0, 0.1) is 17.0 Å². The van der Waals surface area contributed by atoms with E-state index >= 15 is 8.78 Å². The largest absolute Gasteiger partial charge is 0.403 e. The summed E-state index contributed by atoms with van der Waals surface area (Å²) in [5.74, 6) is -2.65. The van der Waals surface area contributed by atoms with E-state index in [9.17, 15) is 4.79 Å². The summed E-state index contributed by atoms with van der Waals surface area (Å²) in [6.07, 6.45) is -0.936. The second-order valence-corrected chi connectivity index (χ2v) is 13.7. The molecule has 1 saturated heterocycles. The van der Waals surface area contributed by atoms with Gasteiger partial charge in [0.05, 0.1) is 29.6 Å². The molecule has 0 N–H and O–H groups in total. The van der Waals surface area contributed by atoms with Crippen molar-refractivity contribution in [3.8, 4) is 0 Å². The summed E-state index contributed by atoms with van der Waals surface area (Å²) in [4.78, 5) is 14.3. The highest BCUT2D eigenvalue weighted by Gasteiger charge is 2.38. The van der Waals surface area contributed by atoms with Gasteiger partial charge in [-0.1, -0.05) is 81.4 Å². The normalized spacial score (nSPS) is 19.0. The number of carbonyl (C=O) groups is 1. The predicted octanol–water partition coefficient (Wildman–Crippen LogP) is 5.42. The average Bonchev–Trinajstić information content (AvgIpc) is 2.86. The van der Waals surface area contributed by atoms with Crippen LogP contribution in [0.5, 0.6) is 0 Å². The van der Waals surface area contributed by atoms with Gasteiger partial charge in [0.15, 0.2) is 17.4 Å². The highest BCUT2D eigenvalue weighted by Crippen LogP contribution is 2.44. The number of rotatable bonds is 7. The Morgan fingerprint density at radius 1 is 0.947 bits per heavy atom. The van der Waals surface area contributed by atoms with Crippen LogP contribution in [-0.4, -0.2) is 40.1 Å².